The molecular formula is C12H15F2N. The number of hydrogen-bond donors (Lipinski definition) is 1. The van der Waals surface area contributed by atoms with Crippen LogP contribution in [0, 0.1) is 0 Å². The number of rotatable bonds is 3. The minimum absolute atomic E-state index is 0.0245. The van der Waals surface area contributed by atoms with Gasteiger partial charge >= 0.3 is 0 Å². The third-order valence-electron chi connectivity index (χ3n) is 3.00. The van der Waals surface area contributed by atoms with Crippen molar-refractivity contribution in [3.05, 3.63) is 34.9 Å². The Hall–Kier alpha value is -0.960. The van der Waals surface area contributed by atoms with Crippen molar-refractivity contribution < 1.29 is 8.78 Å². The van der Waals surface area contributed by atoms with Crippen molar-refractivity contribution in [3.63, 3.8) is 0 Å². The number of nitrogens with two attached hydrogens (primary N) is 1. The Kier molecular flexibility index (Phi) is 2.74. The lowest BCUT2D eigenvalue weighted by atomic mass is 9.96. The zero-order valence-corrected chi connectivity index (χ0v) is 8.60. The molecule has 1 aromatic carbocycles. The van der Waals surface area contributed by atoms with E-state index in [1.165, 1.54) is 0 Å². The number of alkyl halides is 2. The molecule has 2 N–H and O–H groups in total. The predicted octanol–water partition coefficient (Wildman–Crippen LogP) is 2.62. The molecule has 15 heavy (non-hydrogen) atoms. The van der Waals surface area contributed by atoms with Gasteiger partial charge in [0.2, 0.25) is 0 Å². The van der Waals surface area contributed by atoms with Gasteiger partial charge in [0, 0.05) is 12.0 Å². The van der Waals surface area contributed by atoms with Gasteiger partial charge in [-0.25, -0.2) is 8.78 Å². The molecule has 1 aliphatic carbocycles. The molecule has 1 aromatic rings. The van der Waals surface area contributed by atoms with Gasteiger partial charge in [0.15, 0.2) is 0 Å². The molecule has 1 nitrogen and oxygen atoms in total. The molecule has 1 aliphatic rings. The molecule has 0 saturated carbocycles. The molecule has 0 saturated heterocycles. The van der Waals surface area contributed by atoms with E-state index in [0.29, 0.717) is 0 Å². The molecule has 0 spiro atoms. The topological polar surface area (TPSA) is 26.0 Å². The lowest BCUT2D eigenvalue weighted by Crippen LogP contribution is -2.20. The molecule has 82 valence electrons. The lowest BCUT2D eigenvalue weighted by Gasteiger charge is -2.19. The second kappa shape index (κ2) is 3.89. The van der Waals surface area contributed by atoms with Gasteiger partial charge in [-0.15, -0.1) is 0 Å². The second-order valence-electron chi connectivity index (χ2n) is 4.04. The number of benzene rings is 1. The molecule has 0 heterocycles. The van der Waals surface area contributed by atoms with E-state index in [0.717, 1.165) is 30.4 Å². The van der Waals surface area contributed by atoms with Crippen LogP contribution in [0.4, 0.5) is 8.78 Å². The average Bonchev–Trinajstić information content (AvgIpc) is 2.64. The maximum Gasteiger partial charge on any atom is 0.274 e. The summed E-state index contributed by atoms with van der Waals surface area (Å²) in [6, 6.07) is 5.22. The molecule has 0 unspecified atom stereocenters. The Morgan fingerprint density at radius 2 is 2.07 bits per heavy atom. The monoisotopic (exact) mass is 211 g/mol. The van der Waals surface area contributed by atoms with Crippen molar-refractivity contribution in [1.82, 2.24) is 0 Å². The Morgan fingerprint density at radius 1 is 1.27 bits per heavy atom. The van der Waals surface area contributed by atoms with Crippen LogP contribution in [-0.4, -0.2) is 6.54 Å². The number of aryl methyl sites for hydroxylation is 1. The summed E-state index contributed by atoms with van der Waals surface area (Å²) < 4.78 is 27.5. The summed E-state index contributed by atoms with van der Waals surface area (Å²) in [5.74, 6) is -2.76. The normalized spacial score (nSPS) is 15.4. The van der Waals surface area contributed by atoms with E-state index in [2.05, 4.69) is 0 Å². The third-order valence-corrected chi connectivity index (χ3v) is 3.00. The van der Waals surface area contributed by atoms with E-state index in [-0.39, 0.29) is 18.5 Å². The summed E-state index contributed by atoms with van der Waals surface area (Å²) in [7, 11) is 0. The van der Waals surface area contributed by atoms with Crippen LogP contribution in [0.15, 0.2) is 18.2 Å². The first-order valence-corrected chi connectivity index (χ1v) is 5.34. The van der Waals surface area contributed by atoms with Crippen LogP contribution in [0.2, 0.25) is 0 Å². The van der Waals surface area contributed by atoms with E-state index in [4.69, 9.17) is 5.73 Å². The van der Waals surface area contributed by atoms with Gasteiger partial charge in [-0.05, 0) is 36.9 Å². The van der Waals surface area contributed by atoms with E-state index >= 15 is 0 Å². The fraction of sp³-hybridized carbons (Fsp3) is 0.500. The number of halogens is 2. The maximum absolute atomic E-state index is 13.7. The summed E-state index contributed by atoms with van der Waals surface area (Å²) in [5, 5.41) is 0. The van der Waals surface area contributed by atoms with E-state index in [1.807, 2.05) is 6.07 Å². The zero-order valence-electron chi connectivity index (χ0n) is 8.60. The smallest absolute Gasteiger partial charge is 0.274 e. The van der Waals surface area contributed by atoms with Crippen molar-refractivity contribution in [2.24, 2.45) is 5.73 Å². The molecule has 0 amide bonds. The van der Waals surface area contributed by atoms with E-state index in [9.17, 15) is 8.78 Å². The molecule has 0 fully saturated rings. The number of fused-ring (bicyclic) bond motifs is 1. The van der Waals surface area contributed by atoms with Crippen LogP contribution in [-0.2, 0) is 18.8 Å². The highest BCUT2D eigenvalue weighted by Crippen LogP contribution is 2.37. The van der Waals surface area contributed by atoms with Gasteiger partial charge in [-0.1, -0.05) is 18.2 Å². The van der Waals surface area contributed by atoms with Gasteiger partial charge in [0.25, 0.3) is 5.92 Å². The molecular weight excluding hydrogens is 196 g/mol. The molecule has 0 atom stereocenters. The van der Waals surface area contributed by atoms with Crippen LogP contribution >= 0.6 is 0 Å². The highest BCUT2D eigenvalue weighted by Gasteiger charge is 2.34. The van der Waals surface area contributed by atoms with Crippen LogP contribution in [0.3, 0.4) is 0 Å². The Labute approximate surface area is 88.3 Å². The lowest BCUT2D eigenvalue weighted by molar-refractivity contribution is -0.0115. The van der Waals surface area contributed by atoms with E-state index in [1.54, 1.807) is 12.1 Å². The highest BCUT2D eigenvalue weighted by molar-refractivity contribution is 5.40. The van der Waals surface area contributed by atoms with Gasteiger partial charge in [-0.2, -0.15) is 0 Å². The van der Waals surface area contributed by atoms with Crippen molar-refractivity contribution >= 4 is 0 Å². The van der Waals surface area contributed by atoms with Gasteiger partial charge < -0.3 is 5.73 Å². The quantitative estimate of drug-likeness (QED) is 0.817. The largest absolute Gasteiger partial charge is 0.330 e. The minimum atomic E-state index is -2.76. The SMILES string of the molecule is NCCC(F)(F)c1cccc2c1CCC2. The van der Waals surface area contributed by atoms with Crippen LogP contribution < -0.4 is 5.73 Å². The molecule has 2 rings (SSSR count). The fourth-order valence-corrected chi connectivity index (χ4v) is 2.28. The Balaban J connectivity index is 2.40. The third kappa shape index (κ3) is 1.88. The van der Waals surface area contributed by atoms with Crippen molar-refractivity contribution in [1.29, 1.82) is 0 Å². The zero-order chi connectivity index (χ0) is 10.9. The minimum Gasteiger partial charge on any atom is -0.330 e. The first-order chi connectivity index (χ1) is 7.15. The van der Waals surface area contributed by atoms with Crippen molar-refractivity contribution in [2.45, 2.75) is 31.6 Å². The fourth-order valence-electron chi connectivity index (χ4n) is 2.28. The Bertz CT molecular complexity index is 361. The predicted molar refractivity (Wildman–Crippen MR) is 56.0 cm³/mol. The summed E-state index contributed by atoms with van der Waals surface area (Å²) in [6.07, 6.45) is 2.45. The standard InChI is InChI=1S/C12H15F2N/c13-12(14,7-8-15)11-6-2-4-9-3-1-5-10(9)11/h2,4,6H,1,3,5,7-8,15H2. The summed E-state index contributed by atoms with van der Waals surface area (Å²) in [4.78, 5) is 0. The maximum atomic E-state index is 13.7. The molecule has 0 aliphatic heterocycles. The summed E-state index contributed by atoms with van der Waals surface area (Å²) in [5.41, 5.74) is 7.36. The van der Waals surface area contributed by atoms with Crippen LogP contribution in [0.1, 0.15) is 29.5 Å². The second-order valence-corrected chi connectivity index (χ2v) is 4.04. The first-order valence-electron chi connectivity index (χ1n) is 5.34. The number of hydrogen-bond acceptors (Lipinski definition) is 1. The molecule has 0 radical (unpaired) electrons. The Morgan fingerprint density at radius 3 is 2.80 bits per heavy atom. The molecule has 0 bridgehead atoms. The van der Waals surface area contributed by atoms with Gasteiger partial charge in [-0.3, -0.25) is 0 Å². The van der Waals surface area contributed by atoms with E-state index < -0.39 is 5.92 Å². The summed E-state index contributed by atoms with van der Waals surface area (Å²) >= 11 is 0. The highest BCUT2D eigenvalue weighted by atomic mass is 19.3. The van der Waals surface area contributed by atoms with Crippen molar-refractivity contribution in [3.8, 4) is 0 Å². The van der Waals surface area contributed by atoms with Crippen LogP contribution in [0.25, 0.3) is 0 Å². The van der Waals surface area contributed by atoms with Crippen LogP contribution in [0.5, 0.6) is 0 Å². The average molecular weight is 211 g/mol. The summed E-state index contributed by atoms with van der Waals surface area (Å²) in [6.45, 7) is 0.0245. The van der Waals surface area contributed by atoms with Gasteiger partial charge in [0.1, 0.15) is 0 Å². The molecule has 3 heteroatoms. The van der Waals surface area contributed by atoms with Crippen molar-refractivity contribution in [2.75, 3.05) is 6.54 Å². The first kappa shape index (κ1) is 10.6. The molecule has 0 aromatic heterocycles. The van der Waals surface area contributed by atoms with Gasteiger partial charge in [0.05, 0.1) is 0 Å².